The fourth-order valence-electron chi connectivity index (χ4n) is 2.63. The van der Waals surface area contributed by atoms with Crippen molar-refractivity contribution in [2.45, 2.75) is 26.3 Å². The average Bonchev–Trinajstić information content (AvgIpc) is 3.06. The lowest BCUT2D eigenvalue weighted by atomic mass is 10.1. The summed E-state index contributed by atoms with van der Waals surface area (Å²) in [5, 5.41) is 6.72. The van der Waals surface area contributed by atoms with Crippen LogP contribution >= 0.6 is 12.4 Å². The monoisotopic (exact) mass is 365 g/mol. The number of halogens is 1. The lowest BCUT2D eigenvalue weighted by molar-refractivity contribution is 0.0342. The third kappa shape index (κ3) is 5.29. The predicted molar refractivity (Wildman–Crippen MR) is 98.3 cm³/mol. The quantitative estimate of drug-likeness (QED) is 0.880. The number of carbonyl (C=O) groups is 1. The Morgan fingerprint density at radius 3 is 2.72 bits per heavy atom. The Balaban J connectivity index is 0.00000225. The first-order valence-corrected chi connectivity index (χ1v) is 8.29. The van der Waals surface area contributed by atoms with Crippen LogP contribution in [0, 0.1) is 0 Å². The van der Waals surface area contributed by atoms with Crippen LogP contribution < -0.4 is 5.32 Å². The number of amides is 1. The molecule has 0 atom stereocenters. The number of nitrogens with zero attached hydrogens (tertiary/aromatic N) is 2. The van der Waals surface area contributed by atoms with E-state index >= 15 is 0 Å². The number of rotatable bonds is 5. The molecule has 0 aliphatic carbocycles. The molecular weight excluding hydrogens is 342 g/mol. The number of anilines is 1. The first-order valence-electron chi connectivity index (χ1n) is 8.29. The highest BCUT2D eigenvalue weighted by Gasteiger charge is 2.15. The Bertz CT molecular complexity index is 696. The highest BCUT2D eigenvalue weighted by Crippen LogP contribution is 2.17. The van der Waals surface area contributed by atoms with Crippen LogP contribution in [-0.2, 0) is 11.3 Å². The maximum atomic E-state index is 12.3. The minimum absolute atomic E-state index is 0. The molecule has 1 aromatic carbocycles. The van der Waals surface area contributed by atoms with Crippen molar-refractivity contribution in [2.24, 2.45) is 0 Å². The molecule has 136 valence electrons. The Hall–Kier alpha value is -1.89. The van der Waals surface area contributed by atoms with Crippen LogP contribution in [0.3, 0.4) is 0 Å². The summed E-state index contributed by atoms with van der Waals surface area (Å²) in [5.41, 5.74) is 2.23. The van der Waals surface area contributed by atoms with Crippen molar-refractivity contribution in [3.8, 4) is 0 Å². The standard InChI is InChI=1S/C18H23N3O3.ClH/c1-13(2)17-11-16(20-24-17)18(22)19-15-5-3-4-14(10-15)12-21-6-8-23-9-7-21;/h3-5,10-11,13H,6-9,12H2,1-2H3,(H,19,22);1H. The molecular formula is C18H24ClN3O3. The number of carbonyl (C=O) groups excluding carboxylic acids is 1. The van der Waals surface area contributed by atoms with Gasteiger partial charge in [0.05, 0.1) is 13.2 Å². The van der Waals surface area contributed by atoms with E-state index in [0.717, 1.165) is 44.1 Å². The summed E-state index contributed by atoms with van der Waals surface area (Å²) in [4.78, 5) is 14.6. The molecule has 1 saturated heterocycles. The predicted octanol–water partition coefficient (Wildman–Crippen LogP) is 3.30. The third-order valence-corrected chi connectivity index (χ3v) is 4.02. The van der Waals surface area contributed by atoms with E-state index in [0.29, 0.717) is 11.5 Å². The van der Waals surface area contributed by atoms with Crippen LogP contribution in [0.2, 0.25) is 0 Å². The fraction of sp³-hybridized carbons (Fsp3) is 0.444. The minimum atomic E-state index is -0.255. The SMILES string of the molecule is CC(C)c1cc(C(=O)Nc2cccc(CN3CCOCC3)c2)no1.Cl. The number of nitrogens with one attached hydrogen (secondary N) is 1. The zero-order chi connectivity index (χ0) is 16.9. The molecule has 2 aromatic rings. The second-order valence-electron chi connectivity index (χ2n) is 6.31. The molecule has 0 spiro atoms. The maximum absolute atomic E-state index is 12.3. The van der Waals surface area contributed by atoms with E-state index in [1.54, 1.807) is 6.07 Å². The largest absolute Gasteiger partial charge is 0.379 e. The van der Waals surface area contributed by atoms with Crippen LogP contribution in [-0.4, -0.2) is 42.3 Å². The zero-order valence-corrected chi connectivity index (χ0v) is 15.3. The van der Waals surface area contributed by atoms with Gasteiger partial charge in [-0.1, -0.05) is 31.1 Å². The minimum Gasteiger partial charge on any atom is -0.379 e. The molecule has 2 heterocycles. The van der Waals surface area contributed by atoms with Crippen molar-refractivity contribution >= 4 is 24.0 Å². The van der Waals surface area contributed by atoms with Gasteiger partial charge in [0, 0.05) is 37.3 Å². The van der Waals surface area contributed by atoms with E-state index in [1.807, 2.05) is 32.0 Å². The van der Waals surface area contributed by atoms with E-state index in [4.69, 9.17) is 9.26 Å². The zero-order valence-electron chi connectivity index (χ0n) is 14.5. The van der Waals surface area contributed by atoms with Crippen LogP contribution in [0.25, 0.3) is 0 Å². The van der Waals surface area contributed by atoms with E-state index in [2.05, 4.69) is 21.4 Å². The fourth-order valence-corrected chi connectivity index (χ4v) is 2.63. The first-order chi connectivity index (χ1) is 11.6. The summed E-state index contributed by atoms with van der Waals surface area (Å²) in [6.07, 6.45) is 0. The molecule has 0 saturated carbocycles. The molecule has 0 radical (unpaired) electrons. The number of hydrogen-bond donors (Lipinski definition) is 1. The molecule has 1 aliphatic heterocycles. The molecule has 1 aliphatic rings. The van der Waals surface area contributed by atoms with Gasteiger partial charge in [0.2, 0.25) is 0 Å². The number of morpholine rings is 1. The third-order valence-electron chi connectivity index (χ3n) is 4.02. The highest BCUT2D eigenvalue weighted by atomic mass is 35.5. The summed E-state index contributed by atoms with van der Waals surface area (Å²) in [7, 11) is 0. The van der Waals surface area contributed by atoms with E-state index in [1.165, 1.54) is 0 Å². The first kappa shape index (κ1) is 19.4. The van der Waals surface area contributed by atoms with Crippen molar-refractivity contribution in [2.75, 3.05) is 31.6 Å². The summed E-state index contributed by atoms with van der Waals surface area (Å²) >= 11 is 0. The maximum Gasteiger partial charge on any atom is 0.277 e. The Kier molecular flexibility index (Phi) is 6.99. The lowest BCUT2D eigenvalue weighted by Crippen LogP contribution is -2.35. The van der Waals surface area contributed by atoms with Gasteiger partial charge >= 0.3 is 0 Å². The number of aromatic nitrogens is 1. The second-order valence-corrected chi connectivity index (χ2v) is 6.31. The Morgan fingerprint density at radius 1 is 1.28 bits per heavy atom. The van der Waals surface area contributed by atoms with Gasteiger partial charge in [-0.05, 0) is 17.7 Å². The van der Waals surface area contributed by atoms with Gasteiger partial charge in [-0.25, -0.2) is 0 Å². The second kappa shape index (κ2) is 8.99. The molecule has 25 heavy (non-hydrogen) atoms. The van der Waals surface area contributed by atoms with Gasteiger partial charge in [0.15, 0.2) is 5.69 Å². The summed E-state index contributed by atoms with van der Waals surface area (Å²) in [5.74, 6) is 0.659. The van der Waals surface area contributed by atoms with E-state index < -0.39 is 0 Å². The van der Waals surface area contributed by atoms with Gasteiger partial charge < -0.3 is 14.6 Å². The van der Waals surface area contributed by atoms with Crippen molar-refractivity contribution in [1.82, 2.24) is 10.1 Å². The van der Waals surface area contributed by atoms with Crippen LogP contribution in [0.1, 0.15) is 41.6 Å². The molecule has 0 bridgehead atoms. The topological polar surface area (TPSA) is 67.6 Å². The summed E-state index contributed by atoms with van der Waals surface area (Å²) in [6.45, 7) is 8.28. The normalized spacial score (nSPS) is 15.0. The average molecular weight is 366 g/mol. The van der Waals surface area contributed by atoms with Crippen molar-refractivity contribution in [3.05, 3.63) is 47.3 Å². The molecule has 1 aromatic heterocycles. The molecule has 3 rings (SSSR count). The number of hydrogen-bond acceptors (Lipinski definition) is 5. The van der Waals surface area contributed by atoms with Crippen molar-refractivity contribution in [3.63, 3.8) is 0 Å². The van der Waals surface area contributed by atoms with Crippen LogP contribution in [0.5, 0.6) is 0 Å². The van der Waals surface area contributed by atoms with Crippen molar-refractivity contribution < 1.29 is 14.1 Å². The summed E-state index contributed by atoms with van der Waals surface area (Å²) < 4.78 is 10.5. The van der Waals surface area contributed by atoms with Crippen molar-refractivity contribution in [1.29, 1.82) is 0 Å². The highest BCUT2D eigenvalue weighted by molar-refractivity contribution is 6.02. The molecule has 1 amide bonds. The van der Waals surface area contributed by atoms with E-state index in [9.17, 15) is 4.79 Å². The van der Waals surface area contributed by atoms with Gasteiger partial charge in [-0.15, -0.1) is 12.4 Å². The molecule has 0 unspecified atom stereocenters. The lowest BCUT2D eigenvalue weighted by Gasteiger charge is -2.26. The number of ether oxygens (including phenoxy) is 1. The molecule has 7 heteroatoms. The number of benzene rings is 1. The molecule has 6 nitrogen and oxygen atoms in total. The molecule has 1 fully saturated rings. The smallest absolute Gasteiger partial charge is 0.277 e. The van der Waals surface area contributed by atoms with Crippen LogP contribution in [0.4, 0.5) is 5.69 Å². The Labute approximate surface area is 153 Å². The molecule has 1 N–H and O–H groups in total. The van der Waals surface area contributed by atoms with Gasteiger partial charge in [0.25, 0.3) is 5.91 Å². The van der Waals surface area contributed by atoms with Gasteiger partial charge in [-0.2, -0.15) is 0 Å². The van der Waals surface area contributed by atoms with Gasteiger partial charge in [0.1, 0.15) is 5.76 Å². The van der Waals surface area contributed by atoms with Gasteiger partial charge in [-0.3, -0.25) is 9.69 Å². The summed E-state index contributed by atoms with van der Waals surface area (Å²) in [6, 6.07) is 9.59. The Morgan fingerprint density at radius 2 is 2.04 bits per heavy atom. The van der Waals surface area contributed by atoms with E-state index in [-0.39, 0.29) is 24.2 Å². The van der Waals surface area contributed by atoms with Crippen LogP contribution in [0.15, 0.2) is 34.9 Å².